The van der Waals surface area contributed by atoms with Crippen molar-refractivity contribution in [3.63, 3.8) is 0 Å². The van der Waals surface area contributed by atoms with Gasteiger partial charge in [-0.25, -0.2) is 4.79 Å². The van der Waals surface area contributed by atoms with Crippen LogP contribution >= 0.6 is 0 Å². The van der Waals surface area contributed by atoms with Gasteiger partial charge in [0.2, 0.25) is 0 Å². The summed E-state index contributed by atoms with van der Waals surface area (Å²) in [5.74, 6) is 5.58. The lowest BCUT2D eigenvalue weighted by Crippen LogP contribution is -2.48. The van der Waals surface area contributed by atoms with Crippen molar-refractivity contribution in [2.24, 2.45) is 10.6 Å². The van der Waals surface area contributed by atoms with Gasteiger partial charge in [0.15, 0.2) is 5.60 Å². The van der Waals surface area contributed by atoms with Crippen LogP contribution in [0.4, 0.5) is 0 Å². The zero-order valence-electron chi connectivity index (χ0n) is 16.6. The van der Waals surface area contributed by atoms with E-state index < -0.39 is 17.0 Å². The molecule has 0 heterocycles. The van der Waals surface area contributed by atoms with Gasteiger partial charge >= 0.3 is 5.97 Å². The highest BCUT2D eigenvalue weighted by Gasteiger charge is 2.47. The fourth-order valence-corrected chi connectivity index (χ4v) is 3.13. The Balaban J connectivity index is 2.45. The third kappa shape index (κ3) is 4.40. The maximum atomic E-state index is 12.1. The summed E-state index contributed by atoms with van der Waals surface area (Å²) in [4.78, 5) is 17.3. The lowest BCUT2D eigenvalue weighted by Gasteiger charge is -2.42. The average Bonchev–Trinajstić information content (AvgIpc) is 2.63. The van der Waals surface area contributed by atoms with Crippen molar-refractivity contribution in [3.8, 4) is 11.8 Å². The van der Waals surface area contributed by atoms with E-state index >= 15 is 0 Å². The summed E-state index contributed by atoms with van der Waals surface area (Å²) in [5.41, 5.74) is 0.468. The largest absolute Gasteiger partial charge is 0.462 e. The van der Waals surface area contributed by atoms with Gasteiger partial charge in [-0.1, -0.05) is 43.0 Å². The molecule has 0 saturated carbocycles. The van der Waals surface area contributed by atoms with Crippen LogP contribution in [0.15, 0.2) is 41.1 Å². The molecule has 1 N–H and O–H groups in total. The van der Waals surface area contributed by atoms with E-state index in [2.05, 4.69) is 17.0 Å². The summed E-state index contributed by atoms with van der Waals surface area (Å²) in [6, 6.07) is 6.99. The second-order valence-electron chi connectivity index (χ2n) is 7.11. The van der Waals surface area contributed by atoms with Crippen molar-refractivity contribution in [1.29, 1.82) is 0 Å². The molecule has 1 atom stereocenters. The number of carbonyl (C=O) groups is 1. The van der Waals surface area contributed by atoms with E-state index in [4.69, 9.17) is 9.57 Å². The second kappa shape index (κ2) is 8.41. The number of carbonyl (C=O) groups excluding carboxylic acids is 1. The summed E-state index contributed by atoms with van der Waals surface area (Å²) in [5, 5.41) is 15.5. The minimum atomic E-state index is -1.35. The van der Waals surface area contributed by atoms with Crippen LogP contribution in [0, 0.1) is 17.3 Å². The van der Waals surface area contributed by atoms with Gasteiger partial charge in [0, 0.05) is 17.4 Å². The summed E-state index contributed by atoms with van der Waals surface area (Å²) >= 11 is 0. The van der Waals surface area contributed by atoms with E-state index in [9.17, 15) is 9.90 Å². The summed E-state index contributed by atoms with van der Waals surface area (Å²) in [7, 11) is 0. The molecule has 0 saturated heterocycles. The number of benzene rings is 1. The molecular formula is C22H27NO4. The Hall–Kier alpha value is -2.58. The number of hydrogen-bond donors (Lipinski definition) is 1. The van der Waals surface area contributed by atoms with Gasteiger partial charge in [-0.05, 0) is 44.6 Å². The van der Waals surface area contributed by atoms with E-state index in [0.717, 1.165) is 5.71 Å². The first-order valence-corrected chi connectivity index (χ1v) is 9.14. The van der Waals surface area contributed by atoms with Crippen LogP contribution in [0.1, 0.15) is 57.0 Å². The third-order valence-electron chi connectivity index (χ3n) is 4.67. The lowest BCUT2D eigenvalue weighted by molar-refractivity contribution is 0.0177. The summed E-state index contributed by atoms with van der Waals surface area (Å²) < 4.78 is 5.09. The third-order valence-corrected chi connectivity index (χ3v) is 4.67. The second-order valence-corrected chi connectivity index (χ2v) is 7.11. The van der Waals surface area contributed by atoms with Crippen LogP contribution in [0.3, 0.4) is 0 Å². The highest BCUT2D eigenvalue weighted by Crippen LogP contribution is 2.43. The maximum absolute atomic E-state index is 12.1. The molecule has 0 bridgehead atoms. The predicted octanol–water partition coefficient (Wildman–Crippen LogP) is 3.71. The van der Waals surface area contributed by atoms with Gasteiger partial charge in [0.05, 0.1) is 17.9 Å². The van der Waals surface area contributed by atoms with Crippen molar-refractivity contribution in [2.45, 2.75) is 46.6 Å². The Kier molecular flexibility index (Phi) is 6.45. The fourth-order valence-electron chi connectivity index (χ4n) is 3.13. The summed E-state index contributed by atoms with van der Waals surface area (Å²) in [6.45, 7) is 10.1. The molecule has 27 heavy (non-hydrogen) atoms. The highest BCUT2D eigenvalue weighted by atomic mass is 16.6. The van der Waals surface area contributed by atoms with Crippen LogP contribution < -0.4 is 0 Å². The fraction of sp³-hybridized carbons (Fsp3) is 0.455. The van der Waals surface area contributed by atoms with E-state index in [1.165, 1.54) is 0 Å². The van der Waals surface area contributed by atoms with Gasteiger partial charge in [-0.15, -0.1) is 0 Å². The Morgan fingerprint density at radius 2 is 1.96 bits per heavy atom. The molecule has 1 unspecified atom stereocenters. The molecule has 2 rings (SSSR count). The quantitative estimate of drug-likeness (QED) is 0.499. The van der Waals surface area contributed by atoms with E-state index in [1.54, 1.807) is 31.2 Å². The van der Waals surface area contributed by atoms with Gasteiger partial charge in [0.1, 0.15) is 6.61 Å². The zero-order valence-corrected chi connectivity index (χ0v) is 16.6. The van der Waals surface area contributed by atoms with Crippen molar-refractivity contribution >= 4 is 11.7 Å². The highest BCUT2D eigenvalue weighted by molar-refractivity contribution is 5.97. The van der Waals surface area contributed by atoms with E-state index in [-0.39, 0.29) is 0 Å². The number of rotatable bonds is 4. The van der Waals surface area contributed by atoms with Crippen molar-refractivity contribution < 1.29 is 19.5 Å². The maximum Gasteiger partial charge on any atom is 0.339 e. The molecular weight excluding hydrogens is 342 g/mol. The van der Waals surface area contributed by atoms with Crippen LogP contribution in [0.25, 0.3) is 0 Å². The van der Waals surface area contributed by atoms with Crippen LogP contribution in [-0.4, -0.2) is 35.6 Å². The number of ether oxygens (including phenoxy) is 1. The molecule has 5 heteroatoms. The molecule has 0 amide bonds. The van der Waals surface area contributed by atoms with Crippen LogP contribution in [-0.2, 0) is 9.57 Å². The molecule has 1 aromatic carbocycles. The molecule has 5 nitrogen and oxygen atoms in total. The van der Waals surface area contributed by atoms with E-state index in [1.807, 2.05) is 33.8 Å². The number of oxime groups is 1. The number of esters is 1. The normalized spacial score (nSPS) is 22.4. The van der Waals surface area contributed by atoms with Gasteiger partial charge in [0.25, 0.3) is 0 Å². The first kappa shape index (κ1) is 20.7. The summed E-state index contributed by atoms with van der Waals surface area (Å²) in [6.07, 6.45) is 2.34. The topological polar surface area (TPSA) is 68.1 Å². The van der Waals surface area contributed by atoms with Crippen LogP contribution in [0.5, 0.6) is 0 Å². The Bertz CT molecular complexity index is 826. The van der Waals surface area contributed by atoms with Gasteiger partial charge in [-0.3, -0.25) is 0 Å². The van der Waals surface area contributed by atoms with Gasteiger partial charge in [-0.2, -0.15) is 0 Å². The molecule has 1 aliphatic rings. The van der Waals surface area contributed by atoms with Gasteiger partial charge < -0.3 is 14.7 Å². The number of hydrogen-bond acceptors (Lipinski definition) is 5. The SMILES string of the molecule is CCON=C1C=C(C)C(O)(C#Cc2ccccc2C(=O)OCC)C(C)(C)C1. The predicted molar refractivity (Wildman–Crippen MR) is 105 cm³/mol. The average molecular weight is 369 g/mol. The number of allylic oxidation sites excluding steroid dienone is 1. The van der Waals surface area contributed by atoms with E-state index in [0.29, 0.717) is 36.3 Å². The molecule has 0 spiro atoms. The molecule has 0 aromatic heterocycles. The van der Waals surface area contributed by atoms with Crippen molar-refractivity contribution in [3.05, 3.63) is 47.0 Å². The molecule has 144 valence electrons. The molecule has 0 radical (unpaired) electrons. The minimum Gasteiger partial charge on any atom is -0.462 e. The molecule has 0 aliphatic heterocycles. The Morgan fingerprint density at radius 1 is 1.26 bits per heavy atom. The Labute approximate surface area is 161 Å². The van der Waals surface area contributed by atoms with Crippen molar-refractivity contribution in [1.82, 2.24) is 0 Å². The van der Waals surface area contributed by atoms with Crippen molar-refractivity contribution in [2.75, 3.05) is 13.2 Å². The smallest absolute Gasteiger partial charge is 0.339 e. The van der Waals surface area contributed by atoms with Crippen LogP contribution in [0.2, 0.25) is 0 Å². The minimum absolute atomic E-state index is 0.293. The standard InChI is InChI=1S/C22H27NO4/c1-6-26-20(24)19-11-9-8-10-17(19)12-13-22(25)16(3)14-18(23-27-7-2)15-21(22,4)5/h8-11,14,25H,6-7,15H2,1-5H3. The monoisotopic (exact) mass is 369 g/mol. The molecule has 0 fully saturated rings. The number of nitrogens with zero attached hydrogens (tertiary/aromatic N) is 1. The zero-order chi connectivity index (χ0) is 20.1. The first-order chi connectivity index (χ1) is 12.7. The number of aliphatic hydroxyl groups is 1. The lowest BCUT2D eigenvalue weighted by atomic mass is 9.65. The molecule has 1 aliphatic carbocycles. The molecule has 1 aromatic rings. The first-order valence-electron chi connectivity index (χ1n) is 9.14. The Morgan fingerprint density at radius 3 is 2.59 bits per heavy atom.